The van der Waals surface area contributed by atoms with Crippen LogP contribution in [-0.2, 0) is 15.5 Å². The number of amides is 1. The van der Waals surface area contributed by atoms with E-state index in [1.165, 1.54) is 24.3 Å². The maximum absolute atomic E-state index is 13.8. The standard InChI is InChI=1S/C15H19F2NO3/c16-15(17,12-8-4-3-5-9-12)14(21)18-11-7-2-1-6-10-13(19)20/h3-5,8-9H,1-2,6-7,10-11H2,(H,18,21)(H,19,20). The van der Waals surface area contributed by atoms with Crippen LogP contribution in [0.3, 0.4) is 0 Å². The molecule has 1 aromatic carbocycles. The fourth-order valence-electron chi connectivity index (χ4n) is 1.85. The Morgan fingerprint density at radius 3 is 2.29 bits per heavy atom. The van der Waals surface area contributed by atoms with Crippen LogP contribution >= 0.6 is 0 Å². The largest absolute Gasteiger partial charge is 0.481 e. The van der Waals surface area contributed by atoms with Crippen molar-refractivity contribution in [1.82, 2.24) is 5.32 Å². The van der Waals surface area contributed by atoms with Crippen molar-refractivity contribution in [3.8, 4) is 0 Å². The highest BCUT2D eigenvalue weighted by Crippen LogP contribution is 2.27. The number of hydrogen-bond donors (Lipinski definition) is 2. The third-order valence-electron chi connectivity index (χ3n) is 3.02. The Hall–Kier alpha value is -1.98. The molecule has 1 amide bonds. The lowest BCUT2D eigenvalue weighted by Crippen LogP contribution is -2.38. The van der Waals surface area contributed by atoms with Crippen LogP contribution in [0.1, 0.15) is 37.7 Å². The van der Waals surface area contributed by atoms with Crippen molar-refractivity contribution in [3.63, 3.8) is 0 Å². The van der Waals surface area contributed by atoms with Crippen molar-refractivity contribution in [1.29, 1.82) is 0 Å². The molecule has 1 aromatic rings. The lowest BCUT2D eigenvalue weighted by Gasteiger charge is -2.16. The highest BCUT2D eigenvalue weighted by molar-refractivity contribution is 5.84. The van der Waals surface area contributed by atoms with Crippen LogP contribution in [0.4, 0.5) is 8.78 Å². The molecule has 0 unspecified atom stereocenters. The number of benzene rings is 1. The van der Waals surface area contributed by atoms with E-state index in [-0.39, 0.29) is 18.5 Å². The molecule has 21 heavy (non-hydrogen) atoms. The molecule has 0 fully saturated rings. The van der Waals surface area contributed by atoms with Gasteiger partial charge in [-0.2, -0.15) is 8.78 Å². The summed E-state index contributed by atoms with van der Waals surface area (Å²) in [7, 11) is 0. The van der Waals surface area contributed by atoms with Gasteiger partial charge in [0, 0.05) is 18.5 Å². The highest BCUT2D eigenvalue weighted by Gasteiger charge is 2.40. The Morgan fingerprint density at radius 1 is 1.05 bits per heavy atom. The molecule has 2 N–H and O–H groups in total. The summed E-state index contributed by atoms with van der Waals surface area (Å²) < 4.78 is 27.6. The number of aliphatic carboxylic acids is 1. The molecule has 0 saturated carbocycles. The van der Waals surface area contributed by atoms with Gasteiger partial charge in [-0.3, -0.25) is 9.59 Å². The van der Waals surface area contributed by atoms with Crippen LogP contribution in [0.25, 0.3) is 0 Å². The van der Waals surface area contributed by atoms with Crippen LogP contribution in [-0.4, -0.2) is 23.5 Å². The molecular weight excluding hydrogens is 280 g/mol. The molecule has 1 rings (SSSR count). The van der Waals surface area contributed by atoms with Gasteiger partial charge in [0.05, 0.1) is 0 Å². The molecule has 0 heterocycles. The number of carboxylic acid groups (broad SMARTS) is 1. The quantitative estimate of drug-likeness (QED) is 0.689. The van der Waals surface area contributed by atoms with E-state index >= 15 is 0 Å². The van der Waals surface area contributed by atoms with Gasteiger partial charge in [-0.15, -0.1) is 0 Å². The fraction of sp³-hybridized carbons (Fsp3) is 0.467. The number of nitrogens with one attached hydrogen (secondary N) is 1. The Bertz CT molecular complexity index is 463. The third kappa shape index (κ3) is 5.89. The minimum Gasteiger partial charge on any atom is -0.481 e. The topological polar surface area (TPSA) is 66.4 Å². The van der Waals surface area contributed by atoms with E-state index in [2.05, 4.69) is 5.32 Å². The summed E-state index contributed by atoms with van der Waals surface area (Å²) in [5, 5.41) is 10.7. The van der Waals surface area contributed by atoms with Crippen molar-refractivity contribution in [2.45, 2.75) is 38.0 Å². The van der Waals surface area contributed by atoms with E-state index < -0.39 is 17.8 Å². The van der Waals surface area contributed by atoms with Gasteiger partial charge >= 0.3 is 11.9 Å². The molecule has 0 saturated heterocycles. The van der Waals surface area contributed by atoms with E-state index in [0.717, 1.165) is 0 Å². The van der Waals surface area contributed by atoms with E-state index in [1.807, 2.05) is 0 Å². The molecule has 0 radical (unpaired) electrons. The maximum atomic E-state index is 13.8. The Kier molecular flexibility index (Phi) is 6.78. The lowest BCUT2D eigenvalue weighted by molar-refractivity contribution is -0.147. The van der Waals surface area contributed by atoms with Gasteiger partial charge in [-0.25, -0.2) is 0 Å². The number of carbonyl (C=O) groups is 2. The van der Waals surface area contributed by atoms with Crippen LogP contribution in [0.2, 0.25) is 0 Å². The molecule has 0 atom stereocenters. The van der Waals surface area contributed by atoms with E-state index in [1.54, 1.807) is 6.07 Å². The number of carbonyl (C=O) groups excluding carboxylic acids is 1. The zero-order valence-electron chi connectivity index (χ0n) is 11.6. The smallest absolute Gasteiger partial charge is 0.349 e. The van der Waals surface area contributed by atoms with Crippen molar-refractivity contribution < 1.29 is 23.5 Å². The summed E-state index contributed by atoms with van der Waals surface area (Å²) in [6.07, 6.45) is 2.62. The summed E-state index contributed by atoms with van der Waals surface area (Å²) in [6.45, 7) is 0.161. The van der Waals surface area contributed by atoms with E-state index in [4.69, 9.17) is 5.11 Å². The maximum Gasteiger partial charge on any atom is 0.349 e. The molecule has 0 bridgehead atoms. The van der Waals surface area contributed by atoms with Gasteiger partial charge in [0.25, 0.3) is 5.91 Å². The van der Waals surface area contributed by atoms with Crippen molar-refractivity contribution in [2.24, 2.45) is 0 Å². The minimum atomic E-state index is -3.54. The van der Waals surface area contributed by atoms with Gasteiger partial charge in [0.15, 0.2) is 0 Å². The third-order valence-corrected chi connectivity index (χ3v) is 3.02. The van der Waals surface area contributed by atoms with Crippen LogP contribution in [0.5, 0.6) is 0 Å². The summed E-state index contributed by atoms with van der Waals surface area (Å²) in [5.74, 6) is -5.69. The first-order chi connectivity index (χ1) is 9.94. The van der Waals surface area contributed by atoms with Gasteiger partial charge < -0.3 is 10.4 Å². The first kappa shape index (κ1) is 17.1. The summed E-state index contributed by atoms with van der Waals surface area (Å²) >= 11 is 0. The lowest BCUT2D eigenvalue weighted by atomic mass is 10.1. The molecule has 0 aromatic heterocycles. The molecule has 4 nitrogen and oxygen atoms in total. The molecule has 0 aliphatic carbocycles. The van der Waals surface area contributed by atoms with E-state index in [0.29, 0.717) is 25.7 Å². The van der Waals surface area contributed by atoms with Crippen LogP contribution < -0.4 is 5.32 Å². The Morgan fingerprint density at radius 2 is 1.67 bits per heavy atom. The molecule has 116 valence electrons. The average Bonchev–Trinajstić information content (AvgIpc) is 2.46. The second-order valence-electron chi connectivity index (χ2n) is 4.75. The SMILES string of the molecule is O=C(O)CCCCCCNC(=O)C(F)(F)c1ccccc1. The zero-order valence-corrected chi connectivity index (χ0v) is 11.6. The molecule has 0 aliphatic rings. The summed E-state index contributed by atoms with van der Waals surface area (Å²) in [5.41, 5.74) is -0.330. The fourth-order valence-corrected chi connectivity index (χ4v) is 1.85. The van der Waals surface area contributed by atoms with Gasteiger partial charge in [-0.1, -0.05) is 43.2 Å². The second-order valence-corrected chi connectivity index (χ2v) is 4.75. The Balaban J connectivity index is 2.26. The van der Waals surface area contributed by atoms with Gasteiger partial charge in [0.2, 0.25) is 0 Å². The molecule has 0 aliphatic heterocycles. The van der Waals surface area contributed by atoms with Crippen molar-refractivity contribution in [2.75, 3.05) is 6.54 Å². The molecule has 6 heteroatoms. The average molecular weight is 299 g/mol. The van der Waals surface area contributed by atoms with Gasteiger partial charge in [-0.05, 0) is 12.8 Å². The van der Waals surface area contributed by atoms with Crippen molar-refractivity contribution >= 4 is 11.9 Å². The first-order valence-electron chi connectivity index (χ1n) is 6.88. The monoisotopic (exact) mass is 299 g/mol. The van der Waals surface area contributed by atoms with Gasteiger partial charge in [0.1, 0.15) is 0 Å². The second kappa shape index (κ2) is 8.34. The normalized spacial score (nSPS) is 11.1. The predicted octanol–water partition coefficient (Wildman–Crippen LogP) is 2.93. The summed E-state index contributed by atoms with van der Waals surface area (Å²) in [6, 6.07) is 6.95. The number of alkyl halides is 2. The van der Waals surface area contributed by atoms with E-state index in [9.17, 15) is 18.4 Å². The number of carboxylic acids is 1. The first-order valence-corrected chi connectivity index (χ1v) is 6.88. The van der Waals surface area contributed by atoms with Crippen LogP contribution in [0, 0.1) is 0 Å². The van der Waals surface area contributed by atoms with Crippen molar-refractivity contribution in [3.05, 3.63) is 35.9 Å². The predicted molar refractivity (Wildman–Crippen MR) is 74.1 cm³/mol. The van der Waals surface area contributed by atoms with Crippen LogP contribution in [0.15, 0.2) is 30.3 Å². The molecular formula is C15H19F2NO3. The molecule has 0 spiro atoms. The Labute approximate surface area is 122 Å². The minimum absolute atomic E-state index is 0.110. The number of hydrogen-bond acceptors (Lipinski definition) is 2. The number of rotatable bonds is 9. The summed E-state index contributed by atoms with van der Waals surface area (Å²) in [4.78, 5) is 21.8. The number of unbranched alkanes of at least 4 members (excludes halogenated alkanes) is 3. The number of halogens is 2. The zero-order chi connectivity index (χ0) is 15.7. The highest BCUT2D eigenvalue weighted by atomic mass is 19.3.